The van der Waals surface area contributed by atoms with Crippen LogP contribution in [-0.2, 0) is 11.2 Å². The number of rotatable bonds is 3. The van der Waals surface area contributed by atoms with Gasteiger partial charge in [0, 0.05) is 0 Å². The molecule has 94 valence electrons. The second kappa shape index (κ2) is 5.07. The van der Waals surface area contributed by atoms with Crippen LogP contribution in [0.25, 0.3) is 0 Å². The number of carbonyl (C=O) groups excluding carboxylic acids is 1. The van der Waals surface area contributed by atoms with Gasteiger partial charge in [-0.15, -0.1) is 0 Å². The van der Waals surface area contributed by atoms with Crippen molar-refractivity contribution in [3.63, 3.8) is 0 Å². The first kappa shape index (κ1) is 12.4. The minimum Gasteiger partial charge on any atom is -0.482 e. The minimum absolute atomic E-state index is 0.0186. The highest BCUT2D eigenvalue weighted by Gasteiger charge is 2.29. The monoisotopic (exact) mass is 245 g/mol. The summed E-state index contributed by atoms with van der Waals surface area (Å²) in [5.74, 6) is 0.443. The van der Waals surface area contributed by atoms with E-state index in [0.717, 1.165) is 12.0 Å². The molecule has 0 fully saturated rings. The van der Waals surface area contributed by atoms with E-state index in [1.165, 1.54) is 4.90 Å². The maximum Gasteiger partial charge on any atom is 0.266 e. The predicted molar refractivity (Wildman–Crippen MR) is 67.3 cm³/mol. The standard InChI is InChI=1S/C13H15N3O2/c1-9(7-15)16-11-6-10(4-5-14)2-3-12(11)18-8-13(16)17/h2-3,6,9H,4-5,8,14H2,1H3. The molecule has 0 spiro atoms. The summed E-state index contributed by atoms with van der Waals surface area (Å²) < 4.78 is 5.36. The summed E-state index contributed by atoms with van der Waals surface area (Å²) >= 11 is 0. The van der Waals surface area contributed by atoms with Crippen LogP contribution in [0.3, 0.4) is 0 Å². The van der Waals surface area contributed by atoms with Crippen molar-refractivity contribution in [3.8, 4) is 11.8 Å². The molecule has 0 aliphatic carbocycles. The van der Waals surface area contributed by atoms with Crippen molar-refractivity contribution in [3.05, 3.63) is 23.8 Å². The number of amides is 1. The Labute approximate surface area is 106 Å². The summed E-state index contributed by atoms with van der Waals surface area (Å²) in [6.07, 6.45) is 0.732. The zero-order valence-corrected chi connectivity index (χ0v) is 10.2. The van der Waals surface area contributed by atoms with Crippen LogP contribution in [0.15, 0.2) is 18.2 Å². The van der Waals surface area contributed by atoms with Gasteiger partial charge in [-0.3, -0.25) is 9.69 Å². The van der Waals surface area contributed by atoms with Crippen molar-refractivity contribution in [1.29, 1.82) is 5.26 Å². The summed E-state index contributed by atoms with van der Waals surface area (Å²) in [4.78, 5) is 13.3. The molecule has 2 N–H and O–H groups in total. The number of nitrogens with zero attached hydrogens (tertiary/aromatic N) is 2. The van der Waals surface area contributed by atoms with Crippen molar-refractivity contribution in [2.75, 3.05) is 18.1 Å². The van der Waals surface area contributed by atoms with E-state index in [2.05, 4.69) is 6.07 Å². The van der Waals surface area contributed by atoms with E-state index < -0.39 is 6.04 Å². The first-order valence-corrected chi connectivity index (χ1v) is 5.85. The lowest BCUT2D eigenvalue weighted by molar-refractivity contribution is -0.121. The van der Waals surface area contributed by atoms with Crippen LogP contribution < -0.4 is 15.4 Å². The van der Waals surface area contributed by atoms with Gasteiger partial charge >= 0.3 is 0 Å². The van der Waals surface area contributed by atoms with Crippen molar-refractivity contribution in [2.24, 2.45) is 5.73 Å². The molecule has 1 aromatic rings. The van der Waals surface area contributed by atoms with E-state index in [9.17, 15) is 4.79 Å². The third kappa shape index (κ3) is 2.15. The van der Waals surface area contributed by atoms with Crippen molar-refractivity contribution < 1.29 is 9.53 Å². The van der Waals surface area contributed by atoms with Crippen LogP contribution >= 0.6 is 0 Å². The van der Waals surface area contributed by atoms with Gasteiger partial charge < -0.3 is 10.5 Å². The topological polar surface area (TPSA) is 79.3 Å². The molecule has 5 heteroatoms. The highest BCUT2D eigenvalue weighted by atomic mass is 16.5. The molecule has 18 heavy (non-hydrogen) atoms. The molecule has 1 amide bonds. The molecule has 0 saturated heterocycles. The van der Waals surface area contributed by atoms with E-state index >= 15 is 0 Å². The van der Waals surface area contributed by atoms with Crippen LogP contribution in [0.4, 0.5) is 5.69 Å². The molecule has 1 aliphatic heterocycles. The van der Waals surface area contributed by atoms with E-state index in [1.54, 1.807) is 6.92 Å². The molecule has 0 aromatic heterocycles. The minimum atomic E-state index is -0.506. The molecular formula is C13H15N3O2. The Morgan fingerprint density at radius 3 is 3.06 bits per heavy atom. The molecule has 5 nitrogen and oxygen atoms in total. The average Bonchev–Trinajstić information content (AvgIpc) is 2.38. The zero-order valence-electron chi connectivity index (χ0n) is 10.2. The first-order chi connectivity index (χ1) is 8.67. The summed E-state index contributed by atoms with van der Waals surface area (Å²) in [6.45, 7) is 2.22. The third-order valence-electron chi connectivity index (χ3n) is 2.91. The van der Waals surface area contributed by atoms with Gasteiger partial charge in [0.1, 0.15) is 11.8 Å². The number of benzene rings is 1. The molecule has 1 unspecified atom stereocenters. The lowest BCUT2D eigenvalue weighted by Gasteiger charge is -2.31. The predicted octanol–water partition coefficient (Wildman–Crippen LogP) is 0.825. The first-order valence-electron chi connectivity index (χ1n) is 5.85. The molecule has 0 bridgehead atoms. The lowest BCUT2D eigenvalue weighted by atomic mass is 10.1. The van der Waals surface area contributed by atoms with Gasteiger partial charge in [-0.2, -0.15) is 5.26 Å². The third-order valence-corrected chi connectivity index (χ3v) is 2.91. The Kier molecular flexibility index (Phi) is 3.49. The van der Waals surface area contributed by atoms with Gasteiger partial charge in [0.15, 0.2) is 6.61 Å². The Morgan fingerprint density at radius 2 is 2.39 bits per heavy atom. The second-order valence-corrected chi connectivity index (χ2v) is 4.20. The highest BCUT2D eigenvalue weighted by Crippen LogP contribution is 2.34. The van der Waals surface area contributed by atoms with Crippen LogP contribution in [0.2, 0.25) is 0 Å². The number of fused-ring (bicyclic) bond motifs is 1. The number of hydrogen-bond acceptors (Lipinski definition) is 4. The molecule has 1 heterocycles. The highest BCUT2D eigenvalue weighted by molar-refractivity contribution is 5.98. The maximum atomic E-state index is 11.9. The molecule has 1 aromatic carbocycles. The van der Waals surface area contributed by atoms with E-state index in [4.69, 9.17) is 15.7 Å². The van der Waals surface area contributed by atoms with Gasteiger partial charge in [0.25, 0.3) is 5.91 Å². The quantitative estimate of drug-likeness (QED) is 0.855. The summed E-state index contributed by atoms with van der Waals surface area (Å²) in [6, 6.07) is 7.19. The number of nitrogens with two attached hydrogens (primary N) is 1. The van der Waals surface area contributed by atoms with E-state index in [-0.39, 0.29) is 12.5 Å². The van der Waals surface area contributed by atoms with Gasteiger partial charge in [-0.05, 0) is 37.6 Å². The van der Waals surface area contributed by atoms with Crippen LogP contribution in [0, 0.1) is 11.3 Å². The largest absolute Gasteiger partial charge is 0.482 e. The summed E-state index contributed by atoms with van der Waals surface area (Å²) in [5.41, 5.74) is 7.21. The Hall–Kier alpha value is -2.06. The fourth-order valence-corrected chi connectivity index (χ4v) is 2.02. The van der Waals surface area contributed by atoms with Crippen molar-refractivity contribution >= 4 is 11.6 Å². The molecule has 2 rings (SSSR count). The Morgan fingerprint density at radius 1 is 1.61 bits per heavy atom. The lowest BCUT2D eigenvalue weighted by Crippen LogP contribution is -2.44. The molecule has 1 atom stereocenters. The molecule has 1 aliphatic rings. The fourth-order valence-electron chi connectivity index (χ4n) is 2.02. The number of carbonyl (C=O) groups is 1. The zero-order chi connectivity index (χ0) is 13.1. The van der Waals surface area contributed by atoms with Crippen molar-refractivity contribution in [2.45, 2.75) is 19.4 Å². The normalized spacial score (nSPS) is 15.6. The van der Waals surface area contributed by atoms with Crippen LogP contribution in [0.5, 0.6) is 5.75 Å². The SMILES string of the molecule is CC(C#N)N1C(=O)COc2ccc(CCN)cc21. The molecule has 0 saturated carbocycles. The fraction of sp³-hybridized carbons (Fsp3) is 0.385. The van der Waals surface area contributed by atoms with Gasteiger partial charge in [0.2, 0.25) is 0 Å². The van der Waals surface area contributed by atoms with Gasteiger partial charge in [-0.25, -0.2) is 0 Å². The Balaban J connectivity index is 2.43. The van der Waals surface area contributed by atoms with E-state index in [1.807, 2.05) is 18.2 Å². The Bertz CT molecular complexity index is 507. The molecule has 0 radical (unpaired) electrons. The molecular weight excluding hydrogens is 230 g/mol. The number of nitriles is 1. The summed E-state index contributed by atoms with van der Waals surface area (Å²) in [5, 5.41) is 9.00. The van der Waals surface area contributed by atoms with Crippen LogP contribution in [-0.4, -0.2) is 25.1 Å². The van der Waals surface area contributed by atoms with Gasteiger partial charge in [0.05, 0.1) is 11.8 Å². The smallest absolute Gasteiger partial charge is 0.266 e. The van der Waals surface area contributed by atoms with E-state index in [0.29, 0.717) is 18.0 Å². The van der Waals surface area contributed by atoms with Gasteiger partial charge in [-0.1, -0.05) is 6.07 Å². The van der Waals surface area contributed by atoms with Crippen molar-refractivity contribution in [1.82, 2.24) is 0 Å². The summed E-state index contributed by atoms with van der Waals surface area (Å²) in [7, 11) is 0. The second-order valence-electron chi connectivity index (χ2n) is 4.20. The maximum absolute atomic E-state index is 11.9. The number of anilines is 1. The average molecular weight is 245 g/mol. The number of ether oxygens (including phenoxy) is 1. The number of hydrogen-bond donors (Lipinski definition) is 1. The van der Waals surface area contributed by atoms with Crippen LogP contribution in [0.1, 0.15) is 12.5 Å².